The largest absolute Gasteiger partial charge is 0.456 e. The molecule has 0 aliphatic carbocycles. The summed E-state index contributed by atoms with van der Waals surface area (Å²) in [6.45, 7) is 6.99. The van der Waals surface area contributed by atoms with Crippen LogP contribution in [0.1, 0.15) is 36.8 Å². The third-order valence-corrected chi connectivity index (χ3v) is 6.11. The first-order valence-corrected chi connectivity index (χ1v) is 11.6. The molecule has 0 fully saturated rings. The van der Waals surface area contributed by atoms with Crippen LogP contribution in [-0.4, -0.2) is 25.0 Å². The number of ether oxygens (including phenoxy) is 1. The Morgan fingerprint density at radius 1 is 1.03 bits per heavy atom. The van der Waals surface area contributed by atoms with Crippen molar-refractivity contribution in [2.75, 3.05) is 4.72 Å². The number of halogens is 1. The van der Waals surface area contributed by atoms with Crippen molar-refractivity contribution >= 4 is 37.6 Å². The van der Waals surface area contributed by atoms with E-state index in [-0.39, 0.29) is 16.1 Å². The van der Waals surface area contributed by atoms with Crippen molar-refractivity contribution < 1.29 is 17.9 Å². The molecule has 0 amide bonds. The van der Waals surface area contributed by atoms with E-state index < -0.39 is 21.6 Å². The van der Waals surface area contributed by atoms with Crippen molar-refractivity contribution in [2.45, 2.75) is 38.2 Å². The quantitative estimate of drug-likeness (QED) is 0.461. The Balaban J connectivity index is 2.14. The van der Waals surface area contributed by atoms with Gasteiger partial charge in [-0.1, -0.05) is 46.3 Å². The number of hydrogen-bond donors (Lipinski definition) is 2. The molecular formula is C22H23BrN2O4S. The fraction of sp³-hybridized carbons (Fsp3) is 0.227. The summed E-state index contributed by atoms with van der Waals surface area (Å²) in [5, 5.41) is 0. The second-order valence-corrected chi connectivity index (χ2v) is 10.4. The molecule has 2 aromatic carbocycles. The molecule has 6 nitrogen and oxygen atoms in total. The van der Waals surface area contributed by atoms with E-state index in [9.17, 15) is 13.2 Å². The first-order valence-electron chi connectivity index (χ1n) is 9.27. The predicted octanol–water partition coefficient (Wildman–Crippen LogP) is 5.51. The fourth-order valence-corrected chi connectivity index (χ4v) is 4.29. The molecule has 0 saturated heterocycles. The summed E-state index contributed by atoms with van der Waals surface area (Å²) in [4.78, 5) is 16.2. The maximum atomic E-state index is 13.1. The van der Waals surface area contributed by atoms with Gasteiger partial charge in [0.2, 0.25) is 0 Å². The van der Waals surface area contributed by atoms with Crippen LogP contribution in [0.4, 0.5) is 5.69 Å². The number of carbonyl (C=O) groups is 1. The van der Waals surface area contributed by atoms with Crippen LogP contribution < -0.4 is 4.72 Å². The third kappa shape index (κ3) is 4.94. The van der Waals surface area contributed by atoms with Crippen molar-refractivity contribution in [2.24, 2.45) is 0 Å². The lowest BCUT2D eigenvalue weighted by Crippen LogP contribution is -2.25. The number of rotatable bonds is 5. The highest BCUT2D eigenvalue weighted by Crippen LogP contribution is 2.35. The number of sulfonamides is 1. The van der Waals surface area contributed by atoms with Gasteiger partial charge in [-0.25, -0.2) is 13.2 Å². The molecule has 158 valence electrons. The number of aryl methyl sites for hydroxylation is 1. The molecule has 3 aromatic rings. The van der Waals surface area contributed by atoms with Crippen LogP contribution in [0.15, 0.2) is 64.0 Å². The van der Waals surface area contributed by atoms with E-state index in [0.717, 1.165) is 10.0 Å². The molecule has 8 heteroatoms. The molecule has 0 atom stereocenters. The highest BCUT2D eigenvalue weighted by Gasteiger charge is 2.29. The van der Waals surface area contributed by atoms with Gasteiger partial charge in [0.1, 0.15) is 11.2 Å². The summed E-state index contributed by atoms with van der Waals surface area (Å²) in [5.74, 6) is -0.605. The van der Waals surface area contributed by atoms with Crippen LogP contribution in [0, 0.1) is 6.92 Å². The lowest BCUT2D eigenvalue weighted by Gasteiger charge is -2.20. The van der Waals surface area contributed by atoms with Gasteiger partial charge in [-0.05, 0) is 52.0 Å². The molecule has 0 saturated carbocycles. The van der Waals surface area contributed by atoms with E-state index in [1.807, 2.05) is 30.3 Å². The number of nitrogens with one attached hydrogen (secondary N) is 2. The Labute approximate surface area is 184 Å². The van der Waals surface area contributed by atoms with Crippen LogP contribution in [0.5, 0.6) is 0 Å². The normalized spacial score (nSPS) is 11.9. The average Bonchev–Trinajstić information content (AvgIpc) is 2.97. The van der Waals surface area contributed by atoms with Gasteiger partial charge in [-0.2, -0.15) is 0 Å². The maximum absolute atomic E-state index is 13.1. The van der Waals surface area contributed by atoms with E-state index >= 15 is 0 Å². The van der Waals surface area contributed by atoms with Crippen LogP contribution in [0.3, 0.4) is 0 Å². The standard InChI is InChI=1S/C22H23BrN2O4S/c1-14-18(21(26)29-22(2,3)4)20(19(24-14)15-8-6-5-7-9-15)25-30(27,28)17-12-10-16(23)11-13-17/h5-13,24-25H,1-4H3. The van der Waals surface area contributed by atoms with Gasteiger partial charge in [-0.15, -0.1) is 0 Å². The van der Waals surface area contributed by atoms with Gasteiger partial charge >= 0.3 is 5.97 Å². The van der Waals surface area contributed by atoms with Crippen molar-refractivity contribution in [3.05, 3.63) is 70.3 Å². The number of hydrogen-bond acceptors (Lipinski definition) is 4. The maximum Gasteiger partial charge on any atom is 0.342 e. The van der Waals surface area contributed by atoms with Gasteiger partial charge in [0.15, 0.2) is 0 Å². The lowest BCUT2D eigenvalue weighted by molar-refractivity contribution is 0.00702. The fourth-order valence-electron chi connectivity index (χ4n) is 2.94. The summed E-state index contributed by atoms with van der Waals surface area (Å²) < 4.78 is 35.0. The molecule has 0 aliphatic heterocycles. The van der Waals surface area contributed by atoms with Crippen molar-refractivity contribution in [1.29, 1.82) is 0 Å². The number of carbonyl (C=O) groups excluding carboxylic acids is 1. The number of aromatic amines is 1. The number of benzene rings is 2. The van der Waals surface area contributed by atoms with E-state index in [4.69, 9.17) is 4.74 Å². The van der Waals surface area contributed by atoms with Gasteiger partial charge in [0, 0.05) is 15.7 Å². The second-order valence-electron chi connectivity index (χ2n) is 7.80. The molecule has 1 heterocycles. The molecule has 1 aromatic heterocycles. The predicted molar refractivity (Wildman–Crippen MR) is 121 cm³/mol. The molecule has 0 radical (unpaired) electrons. The van der Waals surface area contributed by atoms with Crippen LogP contribution in [0.2, 0.25) is 0 Å². The summed E-state index contributed by atoms with van der Waals surface area (Å²) in [6.07, 6.45) is 0. The van der Waals surface area contributed by atoms with Gasteiger partial charge in [0.25, 0.3) is 10.0 Å². The minimum atomic E-state index is -3.95. The third-order valence-electron chi connectivity index (χ3n) is 4.21. The second kappa shape index (κ2) is 8.28. The topological polar surface area (TPSA) is 88.3 Å². The monoisotopic (exact) mass is 490 g/mol. The molecule has 2 N–H and O–H groups in total. The van der Waals surface area contributed by atoms with Crippen LogP contribution in [0.25, 0.3) is 11.3 Å². The Bertz CT molecular complexity index is 1160. The Morgan fingerprint density at radius 3 is 2.20 bits per heavy atom. The average molecular weight is 491 g/mol. The van der Waals surface area contributed by atoms with Crippen molar-refractivity contribution in [3.8, 4) is 11.3 Å². The molecule has 0 aliphatic rings. The number of esters is 1. The molecule has 3 rings (SSSR count). The summed E-state index contributed by atoms with van der Waals surface area (Å²) >= 11 is 3.30. The molecule has 30 heavy (non-hydrogen) atoms. The highest BCUT2D eigenvalue weighted by molar-refractivity contribution is 9.10. The lowest BCUT2D eigenvalue weighted by atomic mass is 10.1. The molecule has 0 bridgehead atoms. The van der Waals surface area contributed by atoms with E-state index in [1.54, 1.807) is 39.8 Å². The minimum Gasteiger partial charge on any atom is -0.456 e. The van der Waals surface area contributed by atoms with Crippen LogP contribution >= 0.6 is 15.9 Å². The summed E-state index contributed by atoms with van der Waals surface area (Å²) in [6, 6.07) is 15.5. The van der Waals surface area contributed by atoms with Crippen LogP contribution in [-0.2, 0) is 14.8 Å². The van der Waals surface area contributed by atoms with E-state index in [2.05, 4.69) is 25.6 Å². The van der Waals surface area contributed by atoms with Crippen molar-refractivity contribution in [1.82, 2.24) is 4.98 Å². The highest BCUT2D eigenvalue weighted by atomic mass is 79.9. The first kappa shape index (κ1) is 22.1. The summed E-state index contributed by atoms with van der Waals surface area (Å²) in [7, 11) is -3.95. The van der Waals surface area contributed by atoms with E-state index in [0.29, 0.717) is 11.4 Å². The first-order chi connectivity index (χ1) is 14.0. The molecule has 0 unspecified atom stereocenters. The Morgan fingerprint density at radius 2 is 1.63 bits per heavy atom. The van der Waals surface area contributed by atoms with Gasteiger partial charge in [0.05, 0.1) is 16.3 Å². The zero-order chi connectivity index (χ0) is 22.1. The van der Waals surface area contributed by atoms with Gasteiger partial charge in [-0.3, -0.25) is 4.72 Å². The summed E-state index contributed by atoms with van der Waals surface area (Å²) in [5.41, 5.74) is 1.34. The number of anilines is 1. The molecular weight excluding hydrogens is 468 g/mol. The zero-order valence-electron chi connectivity index (χ0n) is 17.1. The Hall–Kier alpha value is -2.58. The van der Waals surface area contributed by atoms with Gasteiger partial charge < -0.3 is 9.72 Å². The van der Waals surface area contributed by atoms with Crippen molar-refractivity contribution in [3.63, 3.8) is 0 Å². The number of aromatic nitrogens is 1. The minimum absolute atomic E-state index is 0.0821. The smallest absolute Gasteiger partial charge is 0.342 e. The van der Waals surface area contributed by atoms with E-state index in [1.165, 1.54) is 12.1 Å². The molecule has 0 spiro atoms. The Kier molecular flexibility index (Phi) is 6.10. The number of H-pyrrole nitrogens is 1. The zero-order valence-corrected chi connectivity index (χ0v) is 19.5. The SMILES string of the molecule is Cc1[nH]c(-c2ccccc2)c(NS(=O)(=O)c2ccc(Br)cc2)c1C(=O)OC(C)(C)C.